The molecule has 1 aromatic carbocycles. The number of hydrogen-bond acceptors (Lipinski definition) is 6. The number of amides is 2. The second-order valence-electron chi connectivity index (χ2n) is 9.50. The molecule has 4 rings (SSSR count). The molecular weight excluding hydrogens is 468 g/mol. The molecule has 0 atom stereocenters. The van der Waals surface area contributed by atoms with Gasteiger partial charge >= 0.3 is 6.03 Å². The molecule has 37 heavy (non-hydrogen) atoms. The number of imidazole rings is 1. The van der Waals surface area contributed by atoms with E-state index < -0.39 is 0 Å². The number of nitrogen functional groups attached to an aromatic ring is 1. The summed E-state index contributed by atoms with van der Waals surface area (Å²) in [6.45, 7) is 4.04. The van der Waals surface area contributed by atoms with Crippen LogP contribution < -0.4 is 25.4 Å². The van der Waals surface area contributed by atoms with Gasteiger partial charge in [-0.3, -0.25) is 4.90 Å². The van der Waals surface area contributed by atoms with Crippen molar-refractivity contribution in [2.24, 2.45) is 0 Å². The van der Waals surface area contributed by atoms with Gasteiger partial charge in [-0.2, -0.15) is 0 Å². The molecule has 0 bridgehead atoms. The highest BCUT2D eigenvalue weighted by atomic mass is 16.5. The molecule has 3 aromatic rings. The SMILES string of the molecule is COc1cc(N(C(=O)NCCCn2cncc2C)C2CCC2)ccc1OCCCCc1ccnc(N)c1. The monoisotopic (exact) mass is 506 g/mol. The minimum Gasteiger partial charge on any atom is -0.493 e. The molecule has 1 saturated carbocycles. The zero-order valence-electron chi connectivity index (χ0n) is 21.9. The molecule has 1 aliphatic carbocycles. The van der Waals surface area contributed by atoms with Gasteiger partial charge in [-0.15, -0.1) is 0 Å². The van der Waals surface area contributed by atoms with Crippen molar-refractivity contribution in [2.75, 3.05) is 30.9 Å². The van der Waals surface area contributed by atoms with Crippen LogP contribution in [0.15, 0.2) is 49.1 Å². The van der Waals surface area contributed by atoms with Crippen LogP contribution in [0, 0.1) is 6.92 Å². The van der Waals surface area contributed by atoms with Crippen LogP contribution >= 0.6 is 0 Å². The summed E-state index contributed by atoms with van der Waals surface area (Å²) in [5.74, 6) is 1.86. The van der Waals surface area contributed by atoms with Crippen molar-refractivity contribution >= 4 is 17.5 Å². The minimum absolute atomic E-state index is 0.0699. The summed E-state index contributed by atoms with van der Waals surface area (Å²) >= 11 is 0. The largest absolute Gasteiger partial charge is 0.493 e. The van der Waals surface area contributed by atoms with Gasteiger partial charge < -0.3 is 25.1 Å². The molecule has 0 saturated heterocycles. The van der Waals surface area contributed by atoms with Crippen LogP contribution in [-0.2, 0) is 13.0 Å². The molecule has 0 spiro atoms. The lowest BCUT2D eigenvalue weighted by atomic mass is 9.91. The molecule has 9 nitrogen and oxygen atoms in total. The molecule has 0 radical (unpaired) electrons. The number of methoxy groups -OCH3 is 1. The highest BCUT2D eigenvalue weighted by Gasteiger charge is 2.30. The molecule has 2 heterocycles. The number of anilines is 2. The maximum absolute atomic E-state index is 13.2. The lowest BCUT2D eigenvalue weighted by molar-refractivity contribution is 0.238. The first kappa shape index (κ1) is 26.3. The number of nitrogens with zero attached hydrogens (tertiary/aromatic N) is 4. The number of carbonyl (C=O) groups excluding carboxylic acids is 1. The number of nitrogens with two attached hydrogens (primary N) is 1. The van der Waals surface area contributed by atoms with Crippen molar-refractivity contribution in [1.29, 1.82) is 0 Å². The fourth-order valence-corrected chi connectivity index (χ4v) is 4.48. The van der Waals surface area contributed by atoms with E-state index in [9.17, 15) is 4.79 Å². The zero-order chi connectivity index (χ0) is 26.0. The van der Waals surface area contributed by atoms with Crippen molar-refractivity contribution in [1.82, 2.24) is 19.9 Å². The fourth-order valence-electron chi connectivity index (χ4n) is 4.48. The van der Waals surface area contributed by atoms with Crippen molar-refractivity contribution < 1.29 is 14.3 Å². The molecule has 2 aromatic heterocycles. The third-order valence-electron chi connectivity index (χ3n) is 6.82. The molecule has 198 valence electrons. The summed E-state index contributed by atoms with van der Waals surface area (Å²) in [6.07, 6.45) is 12.2. The lowest BCUT2D eigenvalue weighted by Crippen LogP contribution is -2.49. The van der Waals surface area contributed by atoms with Crippen LogP contribution in [0.25, 0.3) is 0 Å². The maximum Gasteiger partial charge on any atom is 0.322 e. The van der Waals surface area contributed by atoms with E-state index in [1.54, 1.807) is 13.3 Å². The van der Waals surface area contributed by atoms with Gasteiger partial charge in [0.15, 0.2) is 11.5 Å². The number of unbranched alkanes of at least 4 members (excludes halogenated alkanes) is 1. The summed E-state index contributed by atoms with van der Waals surface area (Å²) in [5.41, 5.74) is 8.88. The Labute approximate surface area is 219 Å². The minimum atomic E-state index is -0.0699. The topological polar surface area (TPSA) is 108 Å². The Kier molecular flexibility index (Phi) is 9.24. The number of pyridine rings is 1. The Bertz CT molecular complexity index is 1160. The van der Waals surface area contributed by atoms with Crippen LogP contribution in [0.1, 0.15) is 49.8 Å². The van der Waals surface area contributed by atoms with Gasteiger partial charge in [0.2, 0.25) is 0 Å². The molecule has 2 amide bonds. The fraction of sp³-hybridized carbons (Fsp3) is 0.464. The Hall–Kier alpha value is -3.75. The third kappa shape index (κ3) is 7.15. The van der Waals surface area contributed by atoms with Crippen molar-refractivity contribution in [2.45, 2.75) is 64.5 Å². The Morgan fingerprint density at radius 3 is 2.76 bits per heavy atom. The molecule has 0 aliphatic heterocycles. The number of urea groups is 1. The summed E-state index contributed by atoms with van der Waals surface area (Å²) < 4.78 is 13.7. The second kappa shape index (κ2) is 13.0. The maximum atomic E-state index is 13.2. The molecular formula is C28H38N6O3. The van der Waals surface area contributed by atoms with Gasteiger partial charge in [0, 0.05) is 49.0 Å². The van der Waals surface area contributed by atoms with Gasteiger partial charge in [0.1, 0.15) is 5.82 Å². The third-order valence-corrected chi connectivity index (χ3v) is 6.82. The van der Waals surface area contributed by atoms with E-state index in [0.29, 0.717) is 30.5 Å². The highest BCUT2D eigenvalue weighted by molar-refractivity contribution is 5.93. The number of benzene rings is 1. The summed E-state index contributed by atoms with van der Waals surface area (Å²) in [5, 5.41) is 3.10. The van der Waals surface area contributed by atoms with E-state index in [4.69, 9.17) is 15.2 Å². The zero-order valence-corrected chi connectivity index (χ0v) is 21.9. The van der Waals surface area contributed by atoms with E-state index in [-0.39, 0.29) is 12.1 Å². The first-order valence-corrected chi connectivity index (χ1v) is 13.1. The number of ether oxygens (including phenoxy) is 2. The summed E-state index contributed by atoms with van der Waals surface area (Å²) in [7, 11) is 1.63. The van der Waals surface area contributed by atoms with E-state index in [2.05, 4.69) is 19.9 Å². The molecule has 1 aliphatic rings. The number of aromatic nitrogens is 3. The van der Waals surface area contributed by atoms with Crippen LogP contribution in [0.5, 0.6) is 11.5 Å². The number of rotatable bonds is 13. The predicted molar refractivity (Wildman–Crippen MR) is 145 cm³/mol. The van der Waals surface area contributed by atoms with E-state index in [0.717, 1.165) is 62.9 Å². The van der Waals surface area contributed by atoms with Crippen LogP contribution in [0.2, 0.25) is 0 Å². The Balaban J connectivity index is 1.30. The number of aryl methyl sites for hydroxylation is 3. The molecule has 1 fully saturated rings. The summed E-state index contributed by atoms with van der Waals surface area (Å²) in [6, 6.07) is 9.79. The van der Waals surface area contributed by atoms with Crippen LogP contribution in [-0.4, -0.2) is 46.9 Å². The smallest absolute Gasteiger partial charge is 0.322 e. The van der Waals surface area contributed by atoms with E-state index >= 15 is 0 Å². The van der Waals surface area contributed by atoms with Gasteiger partial charge in [-0.25, -0.2) is 14.8 Å². The van der Waals surface area contributed by atoms with Gasteiger partial charge in [-0.05, 0) is 81.7 Å². The second-order valence-corrected chi connectivity index (χ2v) is 9.50. The van der Waals surface area contributed by atoms with Gasteiger partial charge in [0.25, 0.3) is 0 Å². The first-order chi connectivity index (χ1) is 18.0. The molecule has 9 heteroatoms. The summed E-state index contributed by atoms with van der Waals surface area (Å²) in [4.78, 5) is 23.2. The number of hydrogen-bond donors (Lipinski definition) is 2. The average molecular weight is 507 g/mol. The van der Waals surface area contributed by atoms with E-state index in [1.807, 2.05) is 54.7 Å². The van der Waals surface area contributed by atoms with E-state index in [1.165, 1.54) is 5.56 Å². The highest BCUT2D eigenvalue weighted by Crippen LogP contribution is 2.36. The average Bonchev–Trinajstić information content (AvgIpc) is 3.28. The molecule has 0 unspecified atom stereocenters. The predicted octanol–water partition coefficient (Wildman–Crippen LogP) is 4.74. The normalized spacial score (nSPS) is 13.1. The number of carbonyl (C=O) groups is 1. The van der Waals surface area contributed by atoms with Crippen LogP contribution in [0.3, 0.4) is 0 Å². The Morgan fingerprint density at radius 1 is 1.19 bits per heavy atom. The van der Waals surface area contributed by atoms with Crippen molar-refractivity contribution in [3.05, 3.63) is 60.3 Å². The first-order valence-electron chi connectivity index (χ1n) is 13.1. The molecule has 3 N–H and O–H groups in total. The standard InChI is InChI=1S/C28H38N6O3/c1-21-19-30-20-33(21)15-6-13-32-28(35)34(23-8-5-9-23)24-10-11-25(26(18-24)36-2)37-16-4-3-7-22-12-14-31-27(29)17-22/h10-12,14,17-20,23H,3-9,13,15-16H2,1-2H3,(H2,29,31)(H,32,35). The van der Waals surface area contributed by atoms with Crippen LogP contribution in [0.4, 0.5) is 16.3 Å². The van der Waals surface area contributed by atoms with Crippen molar-refractivity contribution in [3.8, 4) is 11.5 Å². The Morgan fingerprint density at radius 2 is 2.05 bits per heavy atom. The van der Waals surface area contributed by atoms with Gasteiger partial charge in [-0.1, -0.05) is 0 Å². The lowest BCUT2D eigenvalue weighted by Gasteiger charge is -2.37. The quantitative estimate of drug-likeness (QED) is 0.324. The van der Waals surface area contributed by atoms with Gasteiger partial charge in [0.05, 0.1) is 20.0 Å². The van der Waals surface area contributed by atoms with Crippen molar-refractivity contribution in [3.63, 3.8) is 0 Å². The number of nitrogens with one attached hydrogen (secondary N) is 1.